The minimum Gasteiger partial charge on any atom is -0.384 e. The van der Waals surface area contributed by atoms with Crippen LogP contribution in [0.2, 0.25) is 0 Å². The lowest BCUT2D eigenvalue weighted by molar-refractivity contribution is -0.123. The molecular weight excluding hydrogens is 340 g/mol. The van der Waals surface area contributed by atoms with Gasteiger partial charge in [-0.15, -0.1) is 0 Å². The molecule has 0 unspecified atom stereocenters. The second-order valence-corrected chi connectivity index (χ2v) is 8.39. The summed E-state index contributed by atoms with van der Waals surface area (Å²) < 4.78 is 0. The minimum atomic E-state index is -0.911. The zero-order valence-electron chi connectivity index (χ0n) is 16.1. The summed E-state index contributed by atoms with van der Waals surface area (Å²) in [5.41, 5.74) is 2.88. The van der Waals surface area contributed by atoms with Gasteiger partial charge in [0, 0.05) is 36.6 Å². The third-order valence-electron chi connectivity index (χ3n) is 5.62. The fourth-order valence-electron chi connectivity index (χ4n) is 3.82. The van der Waals surface area contributed by atoms with Gasteiger partial charge in [-0.2, -0.15) is 0 Å². The third kappa shape index (κ3) is 2.67. The highest BCUT2D eigenvalue weighted by Gasteiger charge is 2.52. The Bertz CT molecular complexity index is 921. The van der Waals surface area contributed by atoms with Crippen LogP contribution in [0.4, 0.5) is 16.2 Å². The molecule has 3 heterocycles. The largest absolute Gasteiger partial charge is 0.384 e. The summed E-state index contributed by atoms with van der Waals surface area (Å²) in [6, 6.07) is 9.22. The van der Waals surface area contributed by atoms with Crippen molar-refractivity contribution in [1.82, 2.24) is 9.88 Å². The van der Waals surface area contributed by atoms with Crippen molar-refractivity contribution in [3.63, 3.8) is 0 Å². The van der Waals surface area contributed by atoms with Crippen LogP contribution in [0.5, 0.6) is 0 Å². The standard InChI is InChI=1S/C21H24N4O2/c1-20(2)13-23-17-11-15(5-6-16(17)20)25-18(26)21(3,4)24(19(25)27)12-14-7-9-22-10-8-14/h5-11,23H,12-13H2,1-4H3. The van der Waals surface area contributed by atoms with Gasteiger partial charge >= 0.3 is 6.03 Å². The predicted molar refractivity (Wildman–Crippen MR) is 105 cm³/mol. The van der Waals surface area contributed by atoms with E-state index < -0.39 is 5.54 Å². The number of carbonyl (C=O) groups excluding carboxylic acids is 2. The molecule has 3 amide bonds. The molecule has 0 saturated carbocycles. The maximum atomic E-state index is 13.2. The van der Waals surface area contributed by atoms with E-state index >= 15 is 0 Å². The van der Waals surface area contributed by atoms with Crippen LogP contribution in [0, 0.1) is 0 Å². The Hall–Kier alpha value is -2.89. The van der Waals surface area contributed by atoms with E-state index in [9.17, 15) is 9.59 Å². The van der Waals surface area contributed by atoms with Crippen LogP contribution in [-0.4, -0.2) is 33.9 Å². The Morgan fingerprint density at radius 1 is 1.07 bits per heavy atom. The van der Waals surface area contributed by atoms with Gasteiger partial charge in [-0.25, -0.2) is 9.69 Å². The first-order chi connectivity index (χ1) is 12.7. The first kappa shape index (κ1) is 17.5. The maximum Gasteiger partial charge on any atom is 0.332 e. The van der Waals surface area contributed by atoms with Crippen molar-refractivity contribution in [2.24, 2.45) is 0 Å². The Morgan fingerprint density at radius 2 is 1.78 bits per heavy atom. The van der Waals surface area contributed by atoms with E-state index in [-0.39, 0.29) is 17.4 Å². The van der Waals surface area contributed by atoms with Gasteiger partial charge in [0.2, 0.25) is 0 Å². The van der Waals surface area contributed by atoms with E-state index in [0.29, 0.717) is 12.2 Å². The van der Waals surface area contributed by atoms with Gasteiger partial charge in [0.15, 0.2) is 0 Å². The number of aromatic nitrogens is 1. The number of hydrogen-bond donors (Lipinski definition) is 1. The fraction of sp³-hybridized carbons (Fsp3) is 0.381. The average molecular weight is 364 g/mol. The topological polar surface area (TPSA) is 65.5 Å². The number of imide groups is 1. The number of anilines is 2. The van der Waals surface area contributed by atoms with Crippen LogP contribution in [0.1, 0.15) is 38.8 Å². The highest BCUT2D eigenvalue weighted by molar-refractivity contribution is 6.23. The number of nitrogens with zero attached hydrogens (tertiary/aromatic N) is 3. The van der Waals surface area contributed by atoms with Crippen LogP contribution < -0.4 is 10.2 Å². The van der Waals surface area contributed by atoms with Gasteiger partial charge in [-0.1, -0.05) is 19.9 Å². The Balaban J connectivity index is 1.68. The first-order valence-corrected chi connectivity index (χ1v) is 9.15. The zero-order chi connectivity index (χ0) is 19.4. The monoisotopic (exact) mass is 364 g/mol. The second kappa shape index (κ2) is 5.81. The normalized spacial score (nSPS) is 20.0. The molecule has 6 nitrogen and oxygen atoms in total. The SMILES string of the molecule is CC1(C)CNc2cc(N3C(=O)N(Cc4ccncc4)C(C)(C)C3=O)ccc21. The molecule has 4 rings (SSSR count). The molecule has 1 aromatic heterocycles. The molecule has 1 saturated heterocycles. The zero-order valence-corrected chi connectivity index (χ0v) is 16.1. The van der Waals surface area contributed by atoms with Crippen LogP contribution >= 0.6 is 0 Å². The molecule has 0 aliphatic carbocycles. The number of amides is 3. The van der Waals surface area contributed by atoms with Crippen molar-refractivity contribution in [3.05, 3.63) is 53.9 Å². The highest BCUT2D eigenvalue weighted by atomic mass is 16.2. The quantitative estimate of drug-likeness (QED) is 0.846. The van der Waals surface area contributed by atoms with Crippen molar-refractivity contribution < 1.29 is 9.59 Å². The minimum absolute atomic E-state index is 0.0412. The number of carbonyl (C=O) groups is 2. The van der Waals surface area contributed by atoms with Crippen molar-refractivity contribution in [2.45, 2.75) is 45.2 Å². The lowest BCUT2D eigenvalue weighted by Crippen LogP contribution is -2.43. The molecule has 0 radical (unpaired) electrons. The number of nitrogens with one attached hydrogen (secondary N) is 1. The van der Waals surface area contributed by atoms with E-state index in [4.69, 9.17) is 0 Å². The number of hydrogen-bond acceptors (Lipinski definition) is 4. The Morgan fingerprint density at radius 3 is 2.48 bits per heavy atom. The molecule has 0 spiro atoms. The van der Waals surface area contributed by atoms with Crippen molar-refractivity contribution in [3.8, 4) is 0 Å². The molecule has 140 valence electrons. The lowest BCUT2D eigenvalue weighted by atomic mass is 9.87. The van der Waals surface area contributed by atoms with Crippen molar-refractivity contribution in [2.75, 3.05) is 16.8 Å². The second-order valence-electron chi connectivity index (χ2n) is 8.39. The number of pyridine rings is 1. The van der Waals surface area contributed by atoms with Crippen molar-refractivity contribution in [1.29, 1.82) is 0 Å². The molecule has 0 atom stereocenters. The van der Waals surface area contributed by atoms with Crippen LogP contribution in [0.25, 0.3) is 0 Å². The number of urea groups is 1. The smallest absolute Gasteiger partial charge is 0.332 e. The lowest BCUT2D eigenvalue weighted by Gasteiger charge is -2.27. The van der Waals surface area contributed by atoms with Crippen LogP contribution in [0.15, 0.2) is 42.7 Å². The summed E-state index contributed by atoms with van der Waals surface area (Å²) in [5.74, 6) is -0.209. The summed E-state index contributed by atoms with van der Waals surface area (Å²) in [6.07, 6.45) is 3.38. The highest BCUT2D eigenvalue weighted by Crippen LogP contribution is 2.40. The molecule has 1 fully saturated rings. The summed E-state index contributed by atoms with van der Waals surface area (Å²) in [7, 11) is 0. The van der Waals surface area contributed by atoms with E-state index in [0.717, 1.165) is 17.8 Å². The van der Waals surface area contributed by atoms with E-state index in [1.54, 1.807) is 31.1 Å². The van der Waals surface area contributed by atoms with Gasteiger partial charge in [0.25, 0.3) is 5.91 Å². The number of rotatable bonds is 3. The number of benzene rings is 1. The molecule has 0 bridgehead atoms. The summed E-state index contributed by atoms with van der Waals surface area (Å²) in [4.78, 5) is 33.2. The summed E-state index contributed by atoms with van der Waals surface area (Å²) >= 11 is 0. The van der Waals surface area contributed by atoms with Gasteiger partial charge in [-0.3, -0.25) is 9.78 Å². The predicted octanol–water partition coefficient (Wildman–Crippen LogP) is 3.53. The van der Waals surface area contributed by atoms with Crippen LogP contribution in [-0.2, 0) is 16.8 Å². The van der Waals surface area contributed by atoms with Crippen LogP contribution in [0.3, 0.4) is 0 Å². The van der Waals surface area contributed by atoms with Gasteiger partial charge in [0.05, 0.1) is 5.69 Å². The molecule has 2 aliphatic rings. The first-order valence-electron chi connectivity index (χ1n) is 9.15. The van der Waals surface area contributed by atoms with Gasteiger partial charge < -0.3 is 10.2 Å². The average Bonchev–Trinajstić information content (AvgIpc) is 3.02. The molecule has 1 N–H and O–H groups in total. The summed E-state index contributed by atoms with van der Waals surface area (Å²) in [6.45, 7) is 9.15. The van der Waals surface area contributed by atoms with E-state index in [1.807, 2.05) is 30.3 Å². The molecule has 1 aromatic carbocycles. The molecule has 2 aromatic rings. The van der Waals surface area contributed by atoms with Gasteiger partial charge in [-0.05, 0) is 49.2 Å². The van der Waals surface area contributed by atoms with E-state index in [2.05, 4.69) is 24.1 Å². The third-order valence-corrected chi connectivity index (χ3v) is 5.62. The van der Waals surface area contributed by atoms with E-state index in [1.165, 1.54) is 10.5 Å². The number of fused-ring (bicyclic) bond motifs is 1. The molecule has 6 heteroatoms. The van der Waals surface area contributed by atoms with Crippen molar-refractivity contribution >= 4 is 23.3 Å². The fourth-order valence-corrected chi connectivity index (χ4v) is 3.82. The molecule has 27 heavy (non-hydrogen) atoms. The van der Waals surface area contributed by atoms with Gasteiger partial charge in [0.1, 0.15) is 5.54 Å². The Kier molecular flexibility index (Phi) is 3.77. The molecule has 2 aliphatic heterocycles. The maximum absolute atomic E-state index is 13.2. The Labute approximate surface area is 159 Å². The molecular formula is C21H24N4O2. The summed E-state index contributed by atoms with van der Waals surface area (Å²) in [5, 5.41) is 3.39.